The highest BCUT2D eigenvalue weighted by atomic mass is 79.9. The van der Waals surface area contributed by atoms with E-state index in [1.807, 2.05) is 18.2 Å². The summed E-state index contributed by atoms with van der Waals surface area (Å²) in [4.78, 5) is 0. The number of methoxy groups -OCH3 is 2. The largest absolute Gasteiger partial charge is 0.497 e. The van der Waals surface area contributed by atoms with Gasteiger partial charge in [0.1, 0.15) is 11.5 Å². The molecule has 0 fully saturated rings. The maximum absolute atomic E-state index is 5.39. The van der Waals surface area contributed by atoms with Crippen LogP contribution in [0.2, 0.25) is 0 Å². The van der Waals surface area contributed by atoms with E-state index in [1.165, 1.54) is 5.56 Å². The van der Waals surface area contributed by atoms with E-state index in [0.717, 1.165) is 27.2 Å². The average molecular weight is 336 g/mol. The molecule has 0 saturated heterocycles. The number of ether oxygens (including phenoxy) is 2. The van der Waals surface area contributed by atoms with Gasteiger partial charge in [0.15, 0.2) is 0 Å². The van der Waals surface area contributed by atoms with E-state index in [9.17, 15) is 0 Å². The molecule has 0 unspecified atom stereocenters. The predicted molar refractivity (Wildman–Crippen MR) is 85.8 cm³/mol. The lowest BCUT2D eigenvalue weighted by atomic mass is 10.1. The maximum atomic E-state index is 5.39. The van der Waals surface area contributed by atoms with Gasteiger partial charge in [-0.05, 0) is 42.8 Å². The topological polar surface area (TPSA) is 30.5 Å². The van der Waals surface area contributed by atoms with Gasteiger partial charge < -0.3 is 14.8 Å². The molecule has 4 heteroatoms. The van der Waals surface area contributed by atoms with Crippen molar-refractivity contribution in [3.05, 3.63) is 52.0 Å². The van der Waals surface area contributed by atoms with E-state index in [2.05, 4.69) is 46.4 Å². The van der Waals surface area contributed by atoms with Crippen LogP contribution in [0.1, 0.15) is 11.1 Å². The van der Waals surface area contributed by atoms with Gasteiger partial charge >= 0.3 is 0 Å². The van der Waals surface area contributed by atoms with Crippen LogP contribution in [0.25, 0.3) is 0 Å². The number of aryl methyl sites for hydroxylation is 1. The third-order valence-electron chi connectivity index (χ3n) is 3.02. The molecule has 2 aromatic rings. The summed E-state index contributed by atoms with van der Waals surface area (Å²) in [5.74, 6) is 1.62. The lowest BCUT2D eigenvalue weighted by molar-refractivity contribution is 0.391. The van der Waals surface area contributed by atoms with Crippen molar-refractivity contribution in [1.29, 1.82) is 0 Å². The Morgan fingerprint density at radius 1 is 1.05 bits per heavy atom. The first-order valence-electron chi connectivity index (χ1n) is 6.34. The van der Waals surface area contributed by atoms with E-state index in [-0.39, 0.29) is 0 Å². The molecule has 0 saturated carbocycles. The van der Waals surface area contributed by atoms with Crippen LogP contribution in [0.15, 0.2) is 40.9 Å². The number of hydrogen-bond donors (Lipinski definition) is 1. The Bertz CT molecular complexity index is 579. The van der Waals surface area contributed by atoms with Crippen molar-refractivity contribution in [1.82, 2.24) is 0 Å². The number of hydrogen-bond acceptors (Lipinski definition) is 3. The van der Waals surface area contributed by atoms with Crippen LogP contribution in [0, 0.1) is 6.92 Å². The minimum Gasteiger partial charge on any atom is -0.497 e. The van der Waals surface area contributed by atoms with E-state index < -0.39 is 0 Å². The molecular formula is C16H18BrNO2. The van der Waals surface area contributed by atoms with Gasteiger partial charge in [-0.2, -0.15) is 0 Å². The van der Waals surface area contributed by atoms with E-state index in [4.69, 9.17) is 9.47 Å². The quantitative estimate of drug-likeness (QED) is 0.879. The molecule has 1 N–H and O–H groups in total. The molecular weight excluding hydrogens is 318 g/mol. The van der Waals surface area contributed by atoms with Gasteiger partial charge in [0.05, 0.1) is 14.2 Å². The first kappa shape index (κ1) is 14.7. The molecule has 0 heterocycles. The van der Waals surface area contributed by atoms with Crippen molar-refractivity contribution in [2.75, 3.05) is 19.5 Å². The Hall–Kier alpha value is -1.68. The molecule has 0 spiro atoms. The molecule has 0 atom stereocenters. The fourth-order valence-electron chi connectivity index (χ4n) is 2.03. The molecule has 2 rings (SSSR count). The standard InChI is InChI=1S/C16H18BrNO2/c1-11-6-13(17)8-14(7-11)18-10-12-4-5-15(19-2)9-16(12)20-3/h4-9,18H,10H2,1-3H3. The van der Waals surface area contributed by atoms with Crippen molar-refractivity contribution in [2.45, 2.75) is 13.5 Å². The van der Waals surface area contributed by atoms with Crippen LogP contribution in [0.4, 0.5) is 5.69 Å². The van der Waals surface area contributed by atoms with Gasteiger partial charge in [0, 0.05) is 28.3 Å². The summed E-state index contributed by atoms with van der Waals surface area (Å²) in [6.07, 6.45) is 0. The van der Waals surface area contributed by atoms with Crippen molar-refractivity contribution < 1.29 is 9.47 Å². The van der Waals surface area contributed by atoms with Crippen LogP contribution in [0.3, 0.4) is 0 Å². The first-order chi connectivity index (χ1) is 9.62. The van der Waals surface area contributed by atoms with Gasteiger partial charge in [-0.15, -0.1) is 0 Å². The molecule has 0 aliphatic heterocycles. The fraction of sp³-hybridized carbons (Fsp3) is 0.250. The van der Waals surface area contributed by atoms with Gasteiger partial charge in [-0.1, -0.05) is 15.9 Å². The zero-order valence-corrected chi connectivity index (χ0v) is 13.5. The molecule has 0 bridgehead atoms. The molecule has 0 amide bonds. The summed E-state index contributed by atoms with van der Waals surface area (Å²) in [6.45, 7) is 2.77. The number of rotatable bonds is 5. The molecule has 0 radical (unpaired) electrons. The fourth-order valence-corrected chi connectivity index (χ4v) is 2.64. The Balaban J connectivity index is 2.14. The summed E-state index contributed by atoms with van der Waals surface area (Å²) < 4.78 is 11.7. The summed E-state index contributed by atoms with van der Waals surface area (Å²) in [5, 5.41) is 3.40. The van der Waals surface area contributed by atoms with E-state index >= 15 is 0 Å². The Morgan fingerprint density at radius 3 is 2.50 bits per heavy atom. The van der Waals surface area contributed by atoms with E-state index in [0.29, 0.717) is 6.54 Å². The normalized spacial score (nSPS) is 10.2. The van der Waals surface area contributed by atoms with Crippen LogP contribution in [0.5, 0.6) is 11.5 Å². The first-order valence-corrected chi connectivity index (χ1v) is 7.13. The van der Waals surface area contributed by atoms with Gasteiger partial charge in [0.25, 0.3) is 0 Å². The smallest absolute Gasteiger partial charge is 0.127 e. The minimum absolute atomic E-state index is 0.697. The predicted octanol–water partition coefficient (Wildman–Crippen LogP) is 4.39. The third kappa shape index (κ3) is 3.67. The Kier molecular flexibility index (Phi) is 4.90. The number of anilines is 1. The lowest BCUT2D eigenvalue weighted by Crippen LogP contribution is -2.02. The minimum atomic E-state index is 0.697. The van der Waals surface area contributed by atoms with Crippen molar-refractivity contribution in [3.8, 4) is 11.5 Å². The molecule has 3 nitrogen and oxygen atoms in total. The summed E-state index contributed by atoms with van der Waals surface area (Å²) in [5.41, 5.74) is 3.38. The third-order valence-corrected chi connectivity index (χ3v) is 3.48. The second-order valence-electron chi connectivity index (χ2n) is 4.55. The SMILES string of the molecule is COc1ccc(CNc2cc(C)cc(Br)c2)c(OC)c1. The zero-order valence-electron chi connectivity index (χ0n) is 11.9. The van der Waals surface area contributed by atoms with Crippen LogP contribution in [-0.4, -0.2) is 14.2 Å². The highest BCUT2D eigenvalue weighted by molar-refractivity contribution is 9.10. The molecule has 106 valence electrons. The maximum Gasteiger partial charge on any atom is 0.127 e. The second-order valence-corrected chi connectivity index (χ2v) is 5.46. The highest BCUT2D eigenvalue weighted by Gasteiger charge is 2.05. The highest BCUT2D eigenvalue weighted by Crippen LogP contribution is 2.26. The molecule has 2 aromatic carbocycles. The zero-order chi connectivity index (χ0) is 14.5. The summed E-state index contributed by atoms with van der Waals surface area (Å²) in [6, 6.07) is 12.1. The Morgan fingerprint density at radius 2 is 1.85 bits per heavy atom. The monoisotopic (exact) mass is 335 g/mol. The van der Waals surface area contributed by atoms with Gasteiger partial charge in [0.2, 0.25) is 0 Å². The molecule has 0 aliphatic rings. The Labute approximate surface area is 128 Å². The summed E-state index contributed by atoms with van der Waals surface area (Å²) in [7, 11) is 3.32. The average Bonchev–Trinajstić information content (AvgIpc) is 2.44. The summed E-state index contributed by atoms with van der Waals surface area (Å²) >= 11 is 3.50. The number of nitrogens with one attached hydrogen (secondary N) is 1. The van der Waals surface area contributed by atoms with Crippen LogP contribution >= 0.6 is 15.9 Å². The molecule has 0 aromatic heterocycles. The van der Waals surface area contributed by atoms with Gasteiger partial charge in [-0.25, -0.2) is 0 Å². The van der Waals surface area contributed by atoms with Crippen LogP contribution in [-0.2, 0) is 6.54 Å². The van der Waals surface area contributed by atoms with Crippen molar-refractivity contribution in [2.24, 2.45) is 0 Å². The number of halogens is 1. The van der Waals surface area contributed by atoms with Crippen LogP contribution < -0.4 is 14.8 Å². The van der Waals surface area contributed by atoms with E-state index in [1.54, 1.807) is 14.2 Å². The van der Waals surface area contributed by atoms with Crippen molar-refractivity contribution in [3.63, 3.8) is 0 Å². The van der Waals surface area contributed by atoms with Gasteiger partial charge in [-0.3, -0.25) is 0 Å². The number of benzene rings is 2. The molecule has 20 heavy (non-hydrogen) atoms. The molecule has 0 aliphatic carbocycles. The van der Waals surface area contributed by atoms with Crippen molar-refractivity contribution >= 4 is 21.6 Å². The lowest BCUT2D eigenvalue weighted by Gasteiger charge is -2.12. The second kappa shape index (κ2) is 6.66.